The highest BCUT2D eigenvalue weighted by molar-refractivity contribution is 7.18. The molecule has 27 heavy (non-hydrogen) atoms. The Morgan fingerprint density at radius 2 is 1.93 bits per heavy atom. The van der Waals surface area contributed by atoms with Gasteiger partial charge < -0.3 is 10.2 Å². The van der Waals surface area contributed by atoms with E-state index in [1.165, 1.54) is 16.9 Å². The van der Waals surface area contributed by atoms with E-state index in [1.807, 2.05) is 18.2 Å². The van der Waals surface area contributed by atoms with Crippen LogP contribution in [0.5, 0.6) is 0 Å². The fraction of sp³-hybridized carbons (Fsp3) is 0.455. The van der Waals surface area contributed by atoms with Crippen molar-refractivity contribution in [3.8, 4) is 0 Å². The first-order chi connectivity index (χ1) is 13.2. The summed E-state index contributed by atoms with van der Waals surface area (Å²) in [5.74, 6) is 0.728. The number of benzene rings is 1. The summed E-state index contributed by atoms with van der Waals surface area (Å²) in [7, 11) is 0. The molecule has 2 heterocycles. The molecule has 2 aliphatic rings. The number of nitrogens with one attached hydrogen (secondary N) is 1. The van der Waals surface area contributed by atoms with Gasteiger partial charge in [0, 0.05) is 24.4 Å². The molecule has 2 aromatic rings. The number of nitrogens with zero attached hydrogens (tertiary/aromatic N) is 1. The van der Waals surface area contributed by atoms with Crippen molar-refractivity contribution in [3.05, 3.63) is 52.9 Å². The first-order valence-electron chi connectivity index (χ1n) is 9.94. The van der Waals surface area contributed by atoms with Crippen molar-refractivity contribution in [1.82, 2.24) is 4.90 Å². The molecule has 0 bridgehead atoms. The lowest BCUT2D eigenvalue weighted by Gasteiger charge is -2.31. The van der Waals surface area contributed by atoms with Crippen molar-refractivity contribution < 1.29 is 9.59 Å². The van der Waals surface area contributed by atoms with E-state index in [9.17, 15) is 9.59 Å². The molecule has 2 fully saturated rings. The summed E-state index contributed by atoms with van der Waals surface area (Å²) >= 11 is 1.40. The zero-order valence-electron chi connectivity index (χ0n) is 15.7. The average molecular weight is 383 g/mol. The van der Waals surface area contributed by atoms with Gasteiger partial charge in [-0.25, -0.2) is 0 Å². The van der Waals surface area contributed by atoms with Crippen LogP contribution in [0.2, 0.25) is 0 Å². The molecule has 5 heteroatoms. The Bertz CT molecular complexity index is 813. The van der Waals surface area contributed by atoms with Crippen LogP contribution in [0.4, 0.5) is 5.00 Å². The number of likely N-dealkylation sites (tertiary alicyclic amines) is 1. The Kier molecular flexibility index (Phi) is 5.30. The number of hydrogen-bond donors (Lipinski definition) is 1. The van der Waals surface area contributed by atoms with Gasteiger partial charge in [0.25, 0.3) is 5.91 Å². The van der Waals surface area contributed by atoms with Crippen LogP contribution in [-0.4, -0.2) is 29.3 Å². The van der Waals surface area contributed by atoms with Gasteiger partial charge >= 0.3 is 0 Å². The first kappa shape index (κ1) is 18.2. The number of carbonyl (C=O) groups excluding carboxylic acids is 2. The van der Waals surface area contributed by atoms with Crippen LogP contribution in [0.15, 0.2) is 42.5 Å². The molecule has 1 aromatic heterocycles. The molecule has 4 nitrogen and oxygen atoms in total. The van der Waals surface area contributed by atoms with Crippen LogP contribution in [-0.2, 0) is 4.79 Å². The highest BCUT2D eigenvalue weighted by atomic mass is 32.1. The minimum absolute atomic E-state index is 0.0880. The third kappa shape index (κ3) is 3.93. The van der Waals surface area contributed by atoms with Crippen molar-refractivity contribution in [2.24, 2.45) is 5.92 Å². The van der Waals surface area contributed by atoms with Crippen molar-refractivity contribution in [2.75, 3.05) is 11.9 Å². The van der Waals surface area contributed by atoms with Crippen molar-refractivity contribution >= 4 is 28.2 Å². The standard InChI is InChI=1S/C22H26N2O2S/c1-2-17(15-7-4-3-5-8-15)18-9-6-14-24(18)22(26)19-12-13-20(27-19)23-21(25)16-10-11-16/h3-5,7-8,12-13,16-18H,2,6,9-11,14H2,1H3,(H,23,25). The quantitative estimate of drug-likeness (QED) is 0.773. The van der Waals surface area contributed by atoms with E-state index in [2.05, 4.69) is 41.4 Å². The van der Waals surface area contributed by atoms with Crippen LogP contribution in [0.3, 0.4) is 0 Å². The van der Waals surface area contributed by atoms with E-state index >= 15 is 0 Å². The molecule has 1 N–H and O–H groups in total. The largest absolute Gasteiger partial charge is 0.334 e. The van der Waals surface area contributed by atoms with Gasteiger partial charge in [-0.15, -0.1) is 11.3 Å². The second-order valence-electron chi connectivity index (χ2n) is 7.56. The topological polar surface area (TPSA) is 49.4 Å². The van der Waals surface area contributed by atoms with Gasteiger partial charge in [0.15, 0.2) is 0 Å². The maximum absolute atomic E-state index is 13.2. The van der Waals surface area contributed by atoms with Gasteiger partial charge in [0.05, 0.1) is 9.88 Å². The molecule has 2 amide bonds. The molecule has 0 radical (unpaired) electrons. The van der Waals surface area contributed by atoms with Gasteiger partial charge in [0.2, 0.25) is 5.91 Å². The van der Waals surface area contributed by atoms with E-state index in [1.54, 1.807) is 0 Å². The van der Waals surface area contributed by atoms with Crippen LogP contribution < -0.4 is 5.32 Å². The lowest BCUT2D eigenvalue weighted by molar-refractivity contribution is -0.117. The first-order valence-corrected chi connectivity index (χ1v) is 10.8. The predicted molar refractivity (Wildman–Crippen MR) is 109 cm³/mol. The minimum atomic E-state index is 0.0880. The average Bonchev–Trinajstić information content (AvgIpc) is 3.26. The van der Waals surface area contributed by atoms with Crippen molar-refractivity contribution in [1.29, 1.82) is 0 Å². The van der Waals surface area contributed by atoms with Crippen LogP contribution in [0.1, 0.15) is 60.2 Å². The van der Waals surface area contributed by atoms with Gasteiger partial charge in [0.1, 0.15) is 0 Å². The Morgan fingerprint density at radius 1 is 1.15 bits per heavy atom. The molecule has 1 saturated heterocycles. The smallest absolute Gasteiger partial charge is 0.264 e. The molecular weight excluding hydrogens is 356 g/mol. The SMILES string of the molecule is CCC(c1ccccc1)C1CCCN1C(=O)c1ccc(NC(=O)C2CC2)s1. The zero-order valence-corrected chi connectivity index (χ0v) is 16.5. The second kappa shape index (κ2) is 7.85. The second-order valence-corrected chi connectivity index (χ2v) is 8.64. The predicted octanol–water partition coefficient (Wildman–Crippen LogP) is 4.90. The molecule has 4 rings (SSSR count). The maximum Gasteiger partial charge on any atom is 0.264 e. The van der Waals surface area contributed by atoms with Gasteiger partial charge in [-0.3, -0.25) is 9.59 Å². The molecule has 1 aliphatic carbocycles. The molecule has 1 aromatic carbocycles. The monoisotopic (exact) mass is 382 g/mol. The lowest BCUT2D eigenvalue weighted by atomic mass is 9.87. The Morgan fingerprint density at radius 3 is 2.63 bits per heavy atom. The van der Waals surface area contributed by atoms with Gasteiger partial charge in [-0.1, -0.05) is 37.3 Å². The third-order valence-corrected chi connectivity index (χ3v) is 6.69. The van der Waals surface area contributed by atoms with E-state index in [-0.39, 0.29) is 23.8 Å². The summed E-state index contributed by atoms with van der Waals surface area (Å²) in [6.45, 7) is 3.02. The Labute approximate surface area is 164 Å². The Balaban J connectivity index is 1.49. The molecule has 1 aliphatic heterocycles. The summed E-state index contributed by atoms with van der Waals surface area (Å²) in [4.78, 5) is 27.9. The van der Waals surface area contributed by atoms with Crippen LogP contribution in [0, 0.1) is 5.92 Å². The molecule has 0 spiro atoms. The number of carbonyl (C=O) groups is 2. The molecule has 142 valence electrons. The van der Waals surface area contributed by atoms with Crippen LogP contribution >= 0.6 is 11.3 Å². The number of amides is 2. The molecule has 2 unspecified atom stereocenters. The van der Waals surface area contributed by atoms with E-state index < -0.39 is 0 Å². The normalized spacial score (nSPS) is 20.5. The minimum Gasteiger partial charge on any atom is -0.334 e. The number of thiophene rings is 1. The van der Waals surface area contributed by atoms with Crippen molar-refractivity contribution in [3.63, 3.8) is 0 Å². The summed E-state index contributed by atoms with van der Waals surface area (Å²) < 4.78 is 0. The summed E-state index contributed by atoms with van der Waals surface area (Å²) in [5.41, 5.74) is 1.31. The Hall–Kier alpha value is -2.14. The van der Waals surface area contributed by atoms with Crippen LogP contribution in [0.25, 0.3) is 0 Å². The van der Waals surface area contributed by atoms with Crippen molar-refractivity contribution in [2.45, 2.75) is 51.0 Å². The van der Waals surface area contributed by atoms with Gasteiger partial charge in [-0.2, -0.15) is 0 Å². The highest BCUT2D eigenvalue weighted by Gasteiger charge is 2.36. The number of hydrogen-bond acceptors (Lipinski definition) is 3. The fourth-order valence-corrected chi connectivity index (χ4v) is 4.99. The summed E-state index contributed by atoms with van der Waals surface area (Å²) in [5, 5.41) is 3.73. The third-order valence-electron chi connectivity index (χ3n) is 5.70. The summed E-state index contributed by atoms with van der Waals surface area (Å²) in [6.07, 6.45) is 5.09. The fourth-order valence-electron chi connectivity index (χ4n) is 4.12. The molecule has 2 atom stereocenters. The number of anilines is 1. The summed E-state index contributed by atoms with van der Waals surface area (Å²) in [6, 6.07) is 14.5. The molecule has 1 saturated carbocycles. The van der Waals surface area contributed by atoms with E-state index in [0.717, 1.165) is 48.5 Å². The lowest BCUT2D eigenvalue weighted by Crippen LogP contribution is -2.38. The van der Waals surface area contributed by atoms with Gasteiger partial charge in [-0.05, 0) is 49.8 Å². The van der Waals surface area contributed by atoms with E-state index in [0.29, 0.717) is 5.92 Å². The highest BCUT2D eigenvalue weighted by Crippen LogP contribution is 2.36. The molecular formula is C22H26N2O2S. The maximum atomic E-state index is 13.2. The number of rotatable bonds is 6. The zero-order chi connectivity index (χ0) is 18.8. The van der Waals surface area contributed by atoms with E-state index in [4.69, 9.17) is 0 Å².